The summed E-state index contributed by atoms with van der Waals surface area (Å²) in [5, 5.41) is 1.63. The first kappa shape index (κ1) is 10.9. The summed E-state index contributed by atoms with van der Waals surface area (Å²) in [4.78, 5) is 0. The summed E-state index contributed by atoms with van der Waals surface area (Å²) in [6.45, 7) is 1.75. The van der Waals surface area contributed by atoms with E-state index in [0.29, 0.717) is 36.2 Å². The lowest BCUT2D eigenvalue weighted by atomic mass is 10.5. The molecule has 2 N–H and O–H groups in total. The van der Waals surface area contributed by atoms with Crippen LogP contribution in [0.1, 0.15) is 0 Å². The van der Waals surface area contributed by atoms with Gasteiger partial charge in [0, 0.05) is 24.2 Å². The highest BCUT2D eigenvalue weighted by molar-refractivity contribution is 7.91. The number of thiophene rings is 1. The van der Waals surface area contributed by atoms with Crippen molar-refractivity contribution in [2.24, 2.45) is 0 Å². The first-order valence-electron chi connectivity index (χ1n) is 4.52. The highest BCUT2D eigenvalue weighted by atomic mass is 32.2. The van der Waals surface area contributed by atoms with Gasteiger partial charge >= 0.3 is 0 Å². The van der Waals surface area contributed by atoms with Crippen molar-refractivity contribution in [1.29, 1.82) is 0 Å². The van der Waals surface area contributed by atoms with Crippen molar-refractivity contribution in [3.8, 4) is 0 Å². The standard InChI is InChI=1S/C8H12N2O3S2/c9-7-5-8(14-6-7)15(11,12)10-1-3-13-4-2-10/h5-6H,1-4,9H2. The Bertz CT molecular complexity index is 434. The molecule has 1 fully saturated rings. The number of rotatable bonds is 2. The van der Waals surface area contributed by atoms with E-state index in [-0.39, 0.29) is 0 Å². The van der Waals surface area contributed by atoms with Crippen LogP contribution in [0.3, 0.4) is 0 Å². The summed E-state index contributed by atoms with van der Waals surface area (Å²) < 4.78 is 30.9. The Balaban J connectivity index is 2.26. The number of nitrogens with two attached hydrogens (primary N) is 1. The van der Waals surface area contributed by atoms with E-state index in [4.69, 9.17) is 10.5 Å². The van der Waals surface area contributed by atoms with Gasteiger partial charge in [-0.3, -0.25) is 0 Å². The van der Waals surface area contributed by atoms with Crippen molar-refractivity contribution in [2.75, 3.05) is 32.0 Å². The minimum atomic E-state index is -3.35. The third kappa shape index (κ3) is 2.15. The van der Waals surface area contributed by atoms with Gasteiger partial charge in [-0.05, 0) is 6.07 Å². The van der Waals surface area contributed by atoms with Gasteiger partial charge < -0.3 is 10.5 Å². The fourth-order valence-corrected chi connectivity index (χ4v) is 4.02. The smallest absolute Gasteiger partial charge is 0.252 e. The SMILES string of the molecule is Nc1csc(S(=O)(=O)N2CCOCC2)c1. The molecule has 0 spiro atoms. The van der Waals surface area contributed by atoms with Gasteiger partial charge in [0.2, 0.25) is 0 Å². The maximum atomic E-state index is 12.0. The van der Waals surface area contributed by atoms with Crippen LogP contribution in [0.5, 0.6) is 0 Å². The lowest BCUT2D eigenvalue weighted by molar-refractivity contribution is 0.0731. The van der Waals surface area contributed by atoms with Gasteiger partial charge in [-0.1, -0.05) is 0 Å². The monoisotopic (exact) mass is 248 g/mol. The van der Waals surface area contributed by atoms with E-state index in [1.165, 1.54) is 10.4 Å². The first-order valence-corrected chi connectivity index (χ1v) is 6.84. The number of sulfonamides is 1. The Morgan fingerprint density at radius 2 is 2.07 bits per heavy atom. The lowest BCUT2D eigenvalue weighted by Gasteiger charge is -2.25. The average molecular weight is 248 g/mol. The minimum absolute atomic E-state index is 0.307. The van der Waals surface area contributed by atoms with Crippen molar-refractivity contribution in [1.82, 2.24) is 4.31 Å². The Labute approximate surface area is 92.5 Å². The third-order valence-electron chi connectivity index (χ3n) is 2.16. The molecule has 1 aliphatic heterocycles. The van der Waals surface area contributed by atoms with E-state index in [9.17, 15) is 8.42 Å². The molecular formula is C8H12N2O3S2. The number of nitrogen functional groups attached to an aromatic ring is 1. The quantitative estimate of drug-likeness (QED) is 0.819. The second-order valence-electron chi connectivity index (χ2n) is 3.22. The predicted molar refractivity (Wildman–Crippen MR) is 58.3 cm³/mol. The molecule has 0 saturated carbocycles. The van der Waals surface area contributed by atoms with E-state index in [1.54, 1.807) is 5.38 Å². The number of nitrogens with zero attached hydrogens (tertiary/aromatic N) is 1. The molecule has 2 heterocycles. The molecule has 84 valence electrons. The molecule has 5 nitrogen and oxygen atoms in total. The number of morpholine rings is 1. The van der Waals surface area contributed by atoms with Gasteiger partial charge in [-0.25, -0.2) is 8.42 Å². The minimum Gasteiger partial charge on any atom is -0.398 e. The lowest BCUT2D eigenvalue weighted by Crippen LogP contribution is -2.40. The molecule has 2 rings (SSSR count). The fourth-order valence-electron chi connectivity index (χ4n) is 1.38. The zero-order chi connectivity index (χ0) is 10.9. The maximum absolute atomic E-state index is 12.0. The normalized spacial score (nSPS) is 19.2. The summed E-state index contributed by atoms with van der Waals surface area (Å²) in [6.07, 6.45) is 0. The molecule has 0 aromatic carbocycles. The van der Waals surface area contributed by atoms with E-state index < -0.39 is 10.0 Å². The first-order chi connectivity index (χ1) is 7.10. The predicted octanol–water partition coefficient (Wildman–Crippen LogP) is 0.351. The van der Waals surface area contributed by atoms with Gasteiger partial charge in [-0.15, -0.1) is 11.3 Å². The summed E-state index contributed by atoms with van der Waals surface area (Å²) in [6, 6.07) is 1.50. The number of anilines is 1. The molecule has 0 aliphatic carbocycles. The molecule has 0 bridgehead atoms. The third-order valence-corrected chi connectivity index (χ3v) is 5.49. The van der Waals surface area contributed by atoms with E-state index in [0.717, 1.165) is 11.3 Å². The largest absolute Gasteiger partial charge is 0.398 e. The molecule has 15 heavy (non-hydrogen) atoms. The molecule has 0 radical (unpaired) electrons. The van der Waals surface area contributed by atoms with Crippen LogP contribution < -0.4 is 5.73 Å². The molecule has 0 unspecified atom stereocenters. The van der Waals surface area contributed by atoms with Crippen molar-refractivity contribution in [3.63, 3.8) is 0 Å². The summed E-state index contributed by atoms with van der Waals surface area (Å²) >= 11 is 1.15. The molecular weight excluding hydrogens is 236 g/mol. The van der Waals surface area contributed by atoms with Gasteiger partial charge in [0.25, 0.3) is 10.0 Å². The maximum Gasteiger partial charge on any atom is 0.252 e. The van der Waals surface area contributed by atoms with E-state index in [1.807, 2.05) is 0 Å². The summed E-state index contributed by atoms with van der Waals surface area (Å²) in [5.41, 5.74) is 6.00. The summed E-state index contributed by atoms with van der Waals surface area (Å²) in [7, 11) is -3.35. The highest BCUT2D eigenvalue weighted by Crippen LogP contribution is 2.25. The van der Waals surface area contributed by atoms with Crippen LogP contribution in [0.4, 0.5) is 5.69 Å². The second-order valence-corrected chi connectivity index (χ2v) is 6.29. The number of hydrogen-bond donors (Lipinski definition) is 1. The van der Waals surface area contributed by atoms with Crippen LogP contribution in [0.2, 0.25) is 0 Å². The van der Waals surface area contributed by atoms with Crippen LogP contribution >= 0.6 is 11.3 Å². The molecule has 1 aromatic heterocycles. The average Bonchev–Trinajstić information content (AvgIpc) is 2.67. The van der Waals surface area contributed by atoms with Crippen molar-refractivity contribution < 1.29 is 13.2 Å². The number of ether oxygens (including phenoxy) is 1. The van der Waals surface area contributed by atoms with Crippen LogP contribution in [0.15, 0.2) is 15.7 Å². The molecule has 1 saturated heterocycles. The van der Waals surface area contributed by atoms with Crippen molar-refractivity contribution >= 4 is 27.0 Å². The highest BCUT2D eigenvalue weighted by Gasteiger charge is 2.27. The van der Waals surface area contributed by atoms with Crippen molar-refractivity contribution in [3.05, 3.63) is 11.4 Å². The second kappa shape index (κ2) is 4.09. The molecule has 1 aliphatic rings. The fraction of sp³-hybridized carbons (Fsp3) is 0.500. The van der Waals surface area contributed by atoms with Crippen LogP contribution in [0, 0.1) is 0 Å². The molecule has 0 atom stereocenters. The Hall–Kier alpha value is -0.630. The van der Waals surface area contributed by atoms with Gasteiger partial charge in [0.15, 0.2) is 0 Å². The van der Waals surface area contributed by atoms with Gasteiger partial charge in [0.1, 0.15) is 4.21 Å². The van der Waals surface area contributed by atoms with Crippen LogP contribution in [0.25, 0.3) is 0 Å². The number of hydrogen-bond acceptors (Lipinski definition) is 5. The Kier molecular flexibility index (Phi) is 2.96. The zero-order valence-electron chi connectivity index (χ0n) is 8.05. The van der Waals surface area contributed by atoms with Gasteiger partial charge in [-0.2, -0.15) is 4.31 Å². The Morgan fingerprint density at radius 1 is 1.40 bits per heavy atom. The topological polar surface area (TPSA) is 72.6 Å². The molecule has 1 aromatic rings. The van der Waals surface area contributed by atoms with Gasteiger partial charge in [0.05, 0.1) is 13.2 Å². The molecule has 0 amide bonds. The zero-order valence-corrected chi connectivity index (χ0v) is 9.68. The summed E-state index contributed by atoms with van der Waals surface area (Å²) in [5.74, 6) is 0. The molecule has 7 heteroatoms. The van der Waals surface area contributed by atoms with Crippen LogP contribution in [-0.2, 0) is 14.8 Å². The van der Waals surface area contributed by atoms with Crippen molar-refractivity contribution in [2.45, 2.75) is 4.21 Å². The van der Waals surface area contributed by atoms with E-state index in [2.05, 4.69) is 0 Å². The Morgan fingerprint density at radius 3 is 2.60 bits per heavy atom. The van der Waals surface area contributed by atoms with Crippen LogP contribution in [-0.4, -0.2) is 39.0 Å². The van der Waals surface area contributed by atoms with E-state index >= 15 is 0 Å².